The van der Waals surface area contributed by atoms with Crippen LogP contribution in [0.25, 0.3) is 0 Å². The van der Waals surface area contributed by atoms with E-state index in [4.69, 9.17) is 0 Å². The molecule has 0 unspecified atom stereocenters. The third kappa shape index (κ3) is 3.39. The van der Waals surface area contributed by atoms with Gasteiger partial charge in [0.2, 0.25) is 0 Å². The van der Waals surface area contributed by atoms with Crippen LogP contribution in [0.2, 0.25) is 0 Å². The lowest BCUT2D eigenvalue weighted by Gasteiger charge is -2.30. The quantitative estimate of drug-likeness (QED) is 0.855. The summed E-state index contributed by atoms with van der Waals surface area (Å²) in [5.74, 6) is 1.20. The molecule has 94 valence electrons. The molecule has 2 heteroatoms. The predicted octanol–water partition coefficient (Wildman–Crippen LogP) is 3.80. The van der Waals surface area contributed by atoms with Crippen molar-refractivity contribution in [2.75, 3.05) is 18.0 Å². The van der Waals surface area contributed by atoms with Gasteiger partial charge in [-0.2, -0.15) is 0 Å². The molecule has 1 saturated carbocycles. The minimum atomic E-state index is 0.365. The Morgan fingerprint density at radius 3 is 2.65 bits per heavy atom. The van der Waals surface area contributed by atoms with E-state index in [1.807, 2.05) is 12.1 Å². The zero-order valence-electron chi connectivity index (χ0n) is 10.7. The van der Waals surface area contributed by atoms with Gasteiger partial charge in [0.15, 0.2) is 0 Å². The van der Waals surface area contributed by atoms with E-state index in [9.17, 15) is 5.11 Å². The highest BCUT2D eigenvalue weighted by Gasteiger charge is 2.16. The summed E-state index contributed by atoms with van der Waals surface area (Å²) in [6.45, 7) is 4.34. The molecule has 1 N–H and O–H groups in total. The Hall–Kier alpha value is -1.18. The Bertz CT molecular complexity index is 345. The number of rotatable bonds is 4. The number of phenols is 1. The van der Waals surface area contributed by atoms with Crippen LogP contribution in [-0.2, 0) is 0 Å². The molecule has 0 heterocycles. The minimum Gasteiger partial charge on any atom is -0.508 e. The fourth-order valence-electron chi connectivity index (χ4n) is 2.79. The summed E-state index contributed by atoms with van der Waals surface area (Å²) >= 11 is 0. The molecule has 0 spiro atoms. The Morgan fingerprint density at radius 1 is 1.24 bits per heavy atom. The van der Waals surface area contributed by atoms with Crippen LogP contribution in [0, 0.1) is 5.92 Å². The fourth-order valence-corrected chi connectivity index (χ4v) is 2.79. The first-order chi connectivity index (χ1) is 8.29. The average molecular weight is 233 g/mol. The molecule has 2 nitrogen and oxygen atoms in total. The van der Waals surface area contributed by atoms with E-state index in [0.717, 1.165) is 24.7 Å². The SMILES string of the molecule is CCN(CC1CCCCC1)c1cccc(O)c1. The van der Waals surface area contributed by atoms with Crippen molar-refractivity contribution < 1.29 is 5.11 Å². The number of hydrogen-bond acceptors (Lipinski definition) is 2. The maximum atomic E-state index is 9.54. The largest absolute Gasteiger partial charge is 0.508 e. The fraction of sp³-hybridized carbons (Fsp3) is 0.600. The van der Waals surface area contributed by atoms with Crippen molar-refractivity contribution in [1.29, 1.82) is 0 Å². The first-order valence-corrected chi connectivity index (χ1v) is 6.83. The monoisotopic (exact) mass is 233 g/mol. The summed E-state index contributed by atoms with van der Waals surface area (Å²) in [4.78, 5) is 2.38. The highest BCUT2D eigenvalue weighted by atomic mass is 16.3. The third-order valence-electron chi connectivity index (χ3n) is 3.78. The summed E-state index contributed by atoms with van der Waals surface area (Å²) < 4.78 is 0. The summed E-state index contributed by atoms with van der Waals surface area (Å²) in [6.07, 6.45) is 6.93. The average Bonchev–Trinajstić information content (AvgIpc) is 2.37. The molecule has 1 fully saturated rings. The summed E-state index contributed by atoms with van der Waals surface area (Å²) in [5.41, 5.74) is 1.15. The Balaban J connectivity index is 2.00. The van der Waals surface area contributed by atoms with Crippen molar-refractivity contribution in [2.24, 2.45) is 5.92 Å². The molecule has 0 saturated heterocycles. The molecule has 2 rings (SSSR count). The Morgan fingerprint density at radius 2 is 2.00 bits per heavy atom. The second-order valence-electron chi connectivity index (χ2n) is 5.06. The van der Waals surface area contributed by atoms with Crippen molar-refractivity contribution >= 4 is 5.69 Å². The van der Waals surface area contributed by atoms with E-state index >= 15 is 0 Å². The lowest BCUT2D eigenvalue weighted by molar-refractivity contribution is 0.359. The van der Waals surface area contributed by atoms with Gasteiger partial charge >= 0.3 is 0 Å². The predicted molar refractivity (Wildman–Crippen MR) is 72.6 cm³/mol. The number of benzene rings is 1. The molecular formula is C15H23NO. The molecule has 17 heavy (non-hydrogen) atoms. The maximum Gasteiger partial charge on any atom is 0.117 e. The standard InChI is InChI=1S/C15H23NO/c1-2-16(12-13-7-4-3-5-8-13)14-9-6-10-15(17)11-14/h6,9-11,13,17H,2-5,7-8,12H2,1H3. The van der Waals surface area contributed by atoms with Gasteiger partial charge in [-0.05, 0) is 37.8 Å². The molecule has 0 bridgehead atoms. The van der Waals surface area contributed by atoms with Gasteiger partial charge in [0.25, 0.3) is 0 Å². The molecule has 0 radical (unpaired) electrons. The van der Waals surface area contributed by atoms with Crippen LogP contribution in [0.15, 0.2) is 24.3 Å². The van der Waals surface area contributed by atoms with Gasteiger partial charge in [-0.3, -0.25) is 0 Å². The van der Waals surface area contributed by atoms with Crippen molar-refractivity contribution in [3.63, 3.8) is 0 Å². The summed E-state index contributed by atoms with van der Waals surface area (Å²) in [6, 6.07) is 7.62. The van der Waals surface area contributed by atoms with Crippen molar-refractivity contribution in [3.05, 3.63) is 24.3 Å². The number of aromatic hydroxyl groups is 1. The second-order valence-corrected chi connectivity index (χ2v) is 5.06. The smallest absolute Gasteiger partial charge is 0.117 e. The molecule has 1 aromatic rings. The molecule has 1 aliphatic rings. The van der Waals surface area contributed by atoms with Gasteiger partial charge in [0, 0.05) is 24.8 Å². The zero-order valence-corrected chi connectivity index (χ0v) is 10.7. The van der Waals surface area contributed by atoms with Gasteiger partial charge in [0.05, 0.1) is 0 Å². The van der Waals surface area contributed by atoms with E-state index in [1.54, 1.807) is 6.07 Å². The molecule has 1 aliphatic carbocycles. The molecular weight excluding hydrogens is 210 g/mol. The minimum absolute atomic E-state index is 0.365. The van der Waals surface area contributed by atoms with Crippen molar-refractivity contribution in [3.8, 4) is 5.75 Å². The van der Waals surface area contributed by atoms with Crippen LogP contribution in [-0.4, -0.2) is 18.2 Å². The van der Waals surface area contributed by atoms with E-state index < -0.39 is 0 Å². The normalized spacial score (nSPS) is 17.0. The maximum absolute atomic E-state index is 9.54. The number of nitrogens with zero attached hydrogens (tertiary/aromatic N) is 1. The van der Waals surface area contributed by atoms with E-state index in [1.165, 1.54) is 32.1 Å². The number of anilines is 1. The lowest BCUT2D eigenvalue weighted by Crippen LogP contribution is -2.30. The van der Waals surface area contributed by atoms with Crippen LogP contribution in [0.5, 0.6) is 5.75 Å². The van der Waals surface area contributed by atoms with Gasteiger partial charge in [-0.15, -0.1) is 0 Å². The molecule has 0 atom stereocenters. The third-order valence-corrected chi connectivity index (χ3v) is 3.78. The van der Waals surface area contributed by atoms with Gasteiger partial charge in [-0.25, -0.2) is 0 Å². The van der Waals surface area contributed by atoms with E-state index in [-0.39, 0.29) is 0 Å². The Labute approximate surface area is 104 Å². The van der Waals surface area contributed by atoms with Crippen molar-refractivity contribution in [1.82, 2.24) is 0 Å². The highest BCUT2D eigenvalue weighted by molar-refractivity contribution is 5.50. The lowest BCUT2D eigenvalue weighted by atomic mass is 9.89. The van der Waals surface area contributed by atoms with Crippen LogP contribution in [0.3, 0.4) is 0 Å². The Kier molecular flexibility index (Phi) is 4.29. The topological polar surface area (TPSA) is 23.5 Å². The highest BCUT2D eigenvalue weighted by Crippen LogP contribution is 2.27. The first-order valence-electron chi connectivity index (χ1n) is 6.83. The molecule has 0 aromatic heterocycles. The van der Waals surface area contributed by atoms with Crippen LogP contribution >= 0.6 is 0 Å². The van der Waals surface area contributed by atoms with Crippen LogP contribution in [0.1, 0.15) is 39.0 Å². The first kappa shape index (κ1) is 12.3. The van der Waals surface area contributed by atoms with E-state index in [0.29, 0.717) is 5.75 Å². The molecule has 1 aromatic carbocycles. The molecule has 0 aliphatic heterocycles. The van der Waals surface area contributed by atoms with E-state index in [2.05, 4.69) is 17.9 Å². The van der Waals surface area contributed by atoms with Crippen LogP contribution < -0.4 is 4.90 Å². The number of hydrogen-bond donors (Lipinski definition) is 1. The zero-order chi connectivity index (χ0) is 12.1. The van der Waals surface area contributed by atoms with Gasteiger partial charge in [-0.1, -0.05) is 25.3 Å². The van der Waals surface area contributed by atoms with Crippen LogP contribution in [0.4, 0.5) is 5.69 Å². The van der Waals surface area contributed by atoms with Gasteiger partial charge in [0.1, 0.15) is 5.75 Å². The second kappa shape index (κ2) is 5.95. The summed E-state index contributed by atoms with van der Waals surface area (Å²) in [7, 11) is 0. The molecule has 0 amide bonds. The van der Waals surface area contributed by atoms with Gasteiger partial charge < -0.3 is 10.0 Å². The number of phenolic OH excluding ortho intramolecular Hbond substituents is 1. The van der Waals surface area contributed by atoms with Crippen molar-refractivity contribution in [2.45, 2.75) is 39.0 Å². The summed E-state index contributed by atoms with van der Waals surface area (Å²) in [5, 5.41) is 9.54.